The predicted molar refractivity (Wildman–Crippen MR) is 167 cm³/mol. The number of nitrogens with zero attached hydrogens (tertiary/aromatic N) is 3. The average molecular weight is 628 g/mol. The van der Waals surface area contributed by atoms with Gasteiger partial charge in [0.2, 0.25) is 5.95 Å². The van der Waals surface area contributed by atoms with Gasteiger partial charge in [0.25, 0.3) is 0 Å². The number of hydrogen-bond acceptors (Lipinski definition) is 8. The number of carbonyl (C=O) groups is 1. The van der Waals surface area contributed by atoms with E-state index in [0.29, 0.717) is 45.7 Å². The van der Waals surface area contributed by atoms with Crippen LogP contribution < -0.4 is 21.3 Å². The molecule has 0 bridgehead atoms. The molecule has 0 saturated heterocycles. The number of aliphatic hydroxyl groups is 1. The number of rotatable bonds is 11. The third-order valence-corrected chi connectivity index (χ3v) is 7.34. The van der Waals surface area contributed by atoms with Crippen LogP contribution in [0.25, 0.3) is 11.1 Å². The molecule has 0 radical (unpaired) electrons. The van der Waals surface area contributed by atoms with E-state index in [9.17, 15) is 27.3 Å². The Kier molecular flexibility index (Phi) is 10.7. The summed E-state index contributed by atoms with van der Waals surface area (Å²) in [6.45, 7) is 4.16. The fraction of sp³-hybridized carbons (Fsp3) is 0.233. The van der Waals surface area contributed by atoms with E-state index in [1.165, 1.54) is 12.1 Å². The zero-order valence-electron chi connectivity index (χ0n) is 23.9. The molecule has 4 aromatic rings. The van der Waals surface area contributed by atoms with Gasteiger partial charge in [-0.2, -0.15) is 18.2 Å². The third-order valence-electron chi connectivity index (χ3n) is 6.14. The minimum Gasteiger partial charge on any atom is -0.394 e. The van der Waals surface area contributed by atoms with Crippen molar-refractivity contribution in [2.45, 2.75) is 37.4 Å². The zero-order chi connectivity index (χ0) is 31.7. The van der Waals surface area contributed by atoms with Crippen molar-refractivity contribution < 1.29 is 27.3 Å². The van der Waals surface area contributed by atoms with Crippen molar-refractivity contribution in [3.8, 4) is 11.1 Å². The number of hydrogen-bond donors (Lipinski definition) is 6. The lowest BCUT2D eigenvalue weighted by Gasteiger charge is -2.17. The molecule has 0 spiro atoms. The minimum atomic E-state index is -4.52. The number of anilines is 5. The van der Waals surface area contributed by atoms with Gasteiger partial charge in [-0.25, -0.2) is 18.4 Å². The summed E-state index contributed by atoms with van der Waals surface area (Å²) in [6.07, 6.45) is -2.09. The molecule has 0 saturated carbocycles. The molecule has 0 fully saturated rings. The predicted octanol–water partition coefficient (Wildman–Crippen LogP) is 6.78. The second-order valence-electron chi connectivity index (χ2n) is 9.73. The molecule has 2 atom stereocenters. The topological polar surface area (TPSA) is 141 Å². The smallest absolute Gasteiger partial charge is 0.394 e. The Balaban J connectivity index is 1.48. The Bertz CT molecular complexity index is 1660. The summed E-state index contributed by atoms with van der Waals surface area (Å²) in [5.74, 6) is 0.740. The Morgan fingerprint density at radius 2 is 1.68 bits per heavy atom. The van der Waals surface area contributed by atoms with Crippen molar-refractivity contribution in [3.05, 3.63) is 84.6 Å². The van der Waals surface area contributed by atoms with Gasteiger partial charge in [-0.1, -0.05) is 25.1 Å². The number of halogens is 3. The minimum absolute atomic E-state index is 0.00223. The lowest BCUT2D eigenvalue weighted by Crippen LogP contribution is -2.21. The largest absolute Gasteiger partial charge is 0.416 e. The Hall–Kier alpha value is -4.69. The van der Waals surface area contributed by atoms with Crippen LogP contribution in [0.15, 0.2) is 88.3 Å². The average Bonchev–Trinajstić information content (AvgIpc) is 3.00. The lowest BCUT2D eigenvalue weighted by atomic mass is 10.1. The summed E-state index contributed by atoms with van der Waals surface area (Å²) in [5.41, 5.74) is 1.55. The molecular formula is C30H32F3N7O3S. The van der Waals surface area contributed by atoms with E-state index in [1.54, 1.807) is 61.7 Å². The number of aromatic nitrogens is 2. The number of benzene rings is 3. The summed E-state index contributed by atoms with van der Waals surface area (Å²) in [5, 5.41) is 20.9. The van der Waals surface area contributed by atoms with Crippen LogP contribution >= 0.6 is 0 Å². The van der Waals surface area contributed by atoms with Crippen LogP contribution in [0, 0.1) is 0 Å². The maximum atomic E-state index is 13.0. The maximum absolute atomic E-state index is 13.0. The lowest BCUT2D eigenvalue weighted by molar-refractivity contribution is -0.137. The first-order chi connectivity index (χ1) is 21.0. The van der Waals surface area contributed by atoms with Crippen LogP contribution in [0.5, 0.6) is 0 Å². The molecular weight excluding hydrogens is 595 g/mol. The number of carbonyl (C=O) groups excluding carboxylic acids is 1. The van der Waals surface area contributed by atoms with Crippen molar-refractivity contribution in [2.75, 3.05) is 34.4 Å². The van der Waals surface area contributed by atoms with E-state index in [4.69, 9.17) is 0 Å². The monoisotopic (exact) mass is 627 g/mol. The first kappa shape index (κ1) is 32.2. The molecule has 1 heterocycles. The summed E-state index contributed by atoms with van der Waals surface area (Å²) in [7, 11) is -1.81. The second kappa shape index (κ2) is 14.7. The van der Waals surface area contributed by atoms with Gasteiger partial charge in [0.1, 0.15) is 5.82 Å². The van der Waals surface area contributed by atoms with Gasteiger partial charge in [0.05, 0.1) is 22.8 Å². The van der Waals surface area contributed by atoms with Gasteiger partial charge in [0.15, 0.2) is 0 Å². The van der Waals surface area contributed by atoms with Crippen LogP contribution in [-0.4, -0.2) is 44.5 Å². The fourth-order valence-electron chi connectivity index (χ4n) is 3.92. The molecule has 232 valence electrons. The molecule has 14 heteroatoms. The van der Waals surface area contributed by atoms with E-state index in [-0.39, 0.29) is 18.3 Å². The molecule has 0 aliphatic rings. The molecule has 5 N–H and O–H groups in total. The zero-order valence-corrected chi connectivity index (χ0v) is 24.8. The summed E-state index contributed by atoms with van der Waals surface area (Å²) >= 11 is 0. The van der Waals surface area contributed by atoms with Gasteiger partial charge in [-0.05, 0) is 73.5 Å². The quantitative estimate of drug-likeness (QED) is 0.101. The molecule has 10 nitrogen and oxygen atoms in total. The molecule has 4 rings (SSSR count). The van der Waals surface area contributed by atoms with Gasteiger partial charge in [-0.15, -0.1) is 0 Å². The van der Waals surface area contributed by atoms with E-state index in [2.05, 4.69) is 35.6 Å². The Labute approximate surface area is 254 Å². The van der Waals surface area contributed by atoms with Gasteiger partial charge < -0.3 is 26.4 Å². The number of aliphatic hydroxyl groups excluding tert-OH is 1. The normalized spacial score (nSPS) is 12.8. The van der Waals surface area contributed by atoms with Crippen LogP contribution in [0.4, 0.5) is 46.8 Å². The highest BCUT2D eigenvalue weighted by atomic mass is 32.2. The van der Waals surface area contributed by atoms with Crippen molar-refractivity contribution in [3.63, 3.8) is 0 Å². The van der Waals surface area contributed by atoms with E-state index in [0.717, 1.165) is 18.6 Å². The van der Waals surface area contributed by atoms with Crippen molar-refractivity contribution >= 4 is 45.5 Å². The number of alkyl halides is 3. The first-order valence-electron chi connectivity index (χ1n) is 13.7. The van der Waals surface area contributed by atoms with Crippen LogP contribution in [-0.2, 0) is 16.8 Å². The van der Waals surface area contributed by atoms with Crippen molar-refractivity contribution in [2.24, 2.45) is 4.36 Å². The fourth-order valence-corrected chi connectivity index (χ4v) is 4.87. The molecule has 1 aromatic heterocycles. The van der Waals surface area contributed by atoms with Crippen molar-refractivity contribution in [1.82, 2.24) is 9.97 Å². The first-order valence-corrected chi connectivity index (χ1v) is 14.9. The van der Waals surface area contributed by atoms with E-state index >= 15 is 0 Å². The Morgan fingerprint density at radius 3 is 2.34 bits per heavy atom. The van der Waals surface area contributed by atoms with Gasteiger partial charge in [0, 0.05) is 46.3 Å². The number of amides is 2. The third kappa shape index (κ3) is 8.91. The number of thiol groups is 1. The summed E-state index contributed by atoms with van der Waals surface area (Å²) in [4.78, 5) is 22.0. The number of urea groups is 1. The van der Waals surface area contributed by atoms with Gasteiger partial charge in [-0.3, -0.25) is 0 Å². The molecule has 2 amide bonds. The molecule has 0 aliphatic heterocycles. The SMILES string of the molecule is CCCN=[SH](=O)c1ccc(Nc2ncc(-c3ccc(NC(=O)Nc4cccc(C(F)(F)F)c4)cc3)c(NC(C)CO)n2)cc1. The highest BCUT2D eigenvalue weighted by Crippen LogP contribution is 2.31. The summed E-state index contributed by atoms with van der Waals surface area (Å²) in [6, 6.07) is 17.0. The van der Waals surface area contributed by atoms with Crippen LogP contribution in [0.1, 0.15) is 25.8 Å². The van der Waals surface area contributed by atoms with Crippen LogP contribution in [0.2, 0.25) is 0 Å². The van der Waals surface area contributed by atoms with Crippen molar-refractivity contribution in [1.29, 1.82) is 0 Å². The number of nitrogens with one attached hydrogen (secondary N) is 4. The molecule has 44 heavy (non-hydrogen) atoms. The van der Waals surface area contributed by atoms with Gasteiger partial charge >= 0.3 is 12.2 Å². The molecule has 2 unspecified atom stereocenters. The maximum Gasteiger partial charge on any atom is 0.416 e. The summed E-state index contributed by atoms with van der Waals surface area (Å²) < 4.78 is 55.3. The van der Waals surface area contributed by atoms with Crippen LogP contribution in [0.3, 0.4) is 0 Å². The standard InChI is InChI=1S/C30H32F3N7O3S/c1-3-15-35-44(43)25-13-11-22(12-14-25)37-28-34-17-26(27(40-28)36-19(2)18-41)20-7-9-23(10-8-20)38-29(42)39-24-6-4-5-21(16-24)30(31,32)33/h4-14,16-17,19,41,44H,3,15,18H2,1-2H3,(H2,38,39,42)(H2,34,36,37,40). The molecule has 3 aromatic carbocycles. The highest BCUT2D eigenvalue weighted by Gasteiger charge is 2.30. The van der Waals surface area contributed by atoms with E-state index < -0.39 is 28.4 Å². The second-order valence-corrected chi connectivity index (χ2v) is 11.1. The highest BCUT2D eigenvalue weighted by molar-refractivity contribution is 7.75. The Morgan fingerprint density at radius 1 is 1.00 bits per heavy atom. The molecule has 0 aliphatic carbocycles. The van der Waals surface area contributed by atoms with E-state index in [1.807, 2.05) is 6.92 Å².